The van der Waals surface area contributed by atoms with Crippen molar-refractivity contribution in [2.75, 3.05) is 4.90 Å². The second kappa shape index (κ2) is 8.44. The van der Waals surface area contributed by atoms with Crippen molar-refractivity contribution in [1.82, 2.24) is 0 Å². The molecule has 0 spiro atoms. The van der Waals surface area contributed by atoms with Crippen molar-refractivity contribution < 1.29 is 4.79 Å². The van der Waals surface area contributed by atoms with Crippen LogP contribution < -0.4 is 4.90 Å². The third kappa shape index (κ3) is 4.33. The van der Waals surface area contributed by atoms with Crippen molar-refractivity contribution in [3.63, 3.8) is 0 Å². The molecule has 144 valence electrons. The quantitative estimate of drug-likeness (QED) is 0.314. The molecule has 0 fully saturated rings. The van der Waals surface area contributed by atoms with Gasteiger partial charge in [-0.2, -0.15) is 0 Å². The van der Waals surface area contributed by atoms with Crippen molar-refractivity contribution >= 4 is 78.6 Å². The van der Waals surface area contributed by atoms with Gasteiger partial charge in [-0.05, 0) is 54.1 Å². The Morgan fingerprint density at radius 2 is 1.66 bits per heavy atom. The van der Waals surface area contributed by atoms with Crippen LogP contribution in [-0.2, 0) is 4.79 Å². The fraction of sp³-hybridized carbons (Fsp3) is 0. The Morgan fingerprint density at radius 3 is 2.34 bits per heavy atom. The fourth-order valence-electron chi connectivity index (χ4n) is 2.93. The van der Waals surface area contributed by atoms with Crippen molar-refractivity contribution in [2.24, 2.45) is 4.99 Å². The zero-order chi connectivity index (χ0) is 20.5. The molecule has 7 heteroatoms. The first-order valence-electron chi connectivity index (χ1n) is 8.54. The smallest absolute Gasteiger partial charge is 0.266 e. The van der Waals surface area contributed by atoms with E-state index >= 15 is 0 Å². The van der Waals surface area contributed by atoms with E-state index in [0.29, 0.717) is 27.1 Å². The van der Waals surface area contributed by atoms with Crippen LogP contribution in [0.15, 0.2) is 86.4 Å². The first kappa shape index (κ1) is 20.4. The van der Waals surface area contributed by atoms with Crippen LogP contribution in [0.3, 0.4) is 0 Å². The molecule has 0 unspecified atom stereocenters. The van der Waals surface area contributed by atoms with Gasteiger partial charge in [0.15, 0.2) is 0 Å². The molecule has 0 aromatic heterocycles. The lowest BCUT2D eigenvalue weighted by Crippen LogP contribution is -2.32. The van der Waals surface area contributed by atoms with Crippen LogP contribution in [0, 0.1) is 0 Å². The Balaban J connectivity index is 1.84. The largest absolute Gasteiger partial charge is 0.282 e. The molecule has 29 heavy (non-hydrogen) atoms. The van der Waals surface area contributed by atoms with Crippen LogP contribution in [0.5, 0.6) is 0 Å². The summed E-state index contributed by atoms with van der Waals surface area (Å²) in [7, 11) is 0. The molecule has 3 aromatic carbocycles. The van der Waals surface area contributed by atoms with E-state index in [1.807, 2.05) is 48.5 Å². The van der Waals surface area contributed by atoms with Crippen molar-refractivity contribution in [3.8, 4) is 0 Å². The van der Waals surface area contributed by atoms with Crippen LogP contribution in [0.4, 0.5) is 5.69 Å². The average molecular weight is 551 g/mol. The summed E-state index contributed by atoms with van der Waals surface area (Å²) < 4.78 is 1.82. The van der Waals surface area contributed by atoms with Gasteiger partial charge in [0.25, 0.3) is 5.91 Å². The van der Waals surface area contributed by atoms with E-state index in [2.05, 4.69) is 36.9 Å². The van der Waals surface area contributed by atoms with E-state index in [4.69, 9.17) is 23.2 Å². The van der Waals surface area contributed by atoms with Gasteiger partial charge in [0.1, 0.15) is 11.5 Å². The number of nitrogens with zero attached hydrogens (tertiary/aromatic N) is 2. The molecule has 0 saturated heterocycles. The Bertz CT molecular complexity index is 1170. The second-order valence-electron chi connectivity index (χ2n) is 6.26. The van der Waals surface area contributed by atoms with Gasteiger partial charge in [-0.15, -0.1) is 0 Å². The van der Waals surface area contributed by atoms with Crippen LogP contribution in [0.1, 0.15) is 11.1 Å². The molecule has 1 amide bonds. The topological polar surface area (TPSA) is 32.7 Å². The number of amides is 1. The normalized spacial score (nSPS) is 15.2. The highest BCUT2D eigenvalue weighted by atomic mass is 79.9. The summed E-state index contributed by atoms with van der Waals surface area (Å²) >= 11 is 19.2. The number of amidine groups is 1. The monoisotopic (exact) mass is 548 g/mol. The van der Waals surface area contributed by atoms with E-state index in [1.54, 1.807) is 29.2 Å². The lowest BCUT2D eigenvalue weighted by molar-refractivity contribution is -0.113. The van der Waals surface area contributed by atoms with E-state index in [-0.39, 0.29) is 5.91 Å². The van der Waals surface area contributed by atoms with E-state index in [0.717, 1.165) is 20.2 Å². The zero-order valence-electron chi connectivity index (χ0n) is 14.7. The number of rotatable bonds is 3. The van der Waals surface area contributed by atoms with Crippen molar-refractivity contribution in [1.29, 1.82) is 0 Å². The van der Waals surface area contributed by atoms with Gasteiger partial charge >= 0.3 is 0 Å². The maximum absolute atomic E-state index is 13.3. The van der Waals surface area contributed by atoms with E-state index in [9.17, 15) is 4.79 Å². The molecule has 1 aliphatic heterocycles. The molecular weight excluding hydrogens is 539 g/mol. The average Bonchev–Trinajstić information content (AvgIpc) is 3.01. The number of halogens is 4. The molecular formula is C22H12Br2Cl2N2O. The summed E-state index contributed by atoms with van der Waals surface area (Å²) in [6.45, 7) is 0. The van der Waals surface area contributed by atoms with Crippen LogP contribution in [0.2, 0.25) is 10.0 Å². The van der Waals surface area contributed by atoms with Crippen molar-refractivity contribution in [3.05, 3.63) is 103 Å². The molecule has 0 aliphatic carbocycles. The Morgan fingerprint density at radius 1 is 0.897 bits per heavy atom. The SMILES string of the molecule is O=C1/C(=C\c2ccc(Cl)cc2Cl)N=C(c2ccc(Br)cc2)N1c1cccc(Br)c1. The summed E-state index contributed by atoms with van der Waals surface area (Å²) in [5.41, 5.74) is 2.52. The summed E-state index contributed by atoms with van der Waals surface area (Å²) in [5.74, 6) is 0.323. The molecule has 3 aromatic rings. The number of aliphatic imine (C=N–C) groups is 1. The summed E-state index contributed by atoms with van der Waals surface area (Å²) in [5, 5.41) is 0.990. The fourth-order valence-corrected chi connectivity index (χ4v) is 4.04. The predicted molar refractivity (Wildman–Crippen MR) is 127 cm³/mol. The zero-order valence-corrected chi connectivity index (χ0v) is 19.4. The minimum Gasteiger partial charge on any atom is -0.266 e. The summed E-state index contributed by atoms with van der Waals surface area (Å²) in [4.78, 5) is 19.5. The molecule has 4 rings (SSSR count). The molecule has 0 bridgehead atoms. The molecule has 3 nitrogen and oxygen atoms in total. The van der Waals surface area contributed by atoms with Gasteiger partial charge in [-0.1, -0.05) is 79.3 Å². The molecule has 1 heterocycles. The number of carbonyl (C=O) groups is 1. The van der Waals surface area contributed by atoms with Gasteiger partial charge < -0.3 is 0 Å². The van der Waals surface area contributed by atoms with Gasteiger partial charge in [0.2, 0.25) is 0 Å². The molecule has 0 N–H and O–H groups in total. The Labute approximate surface area is 194 Å². The van der Waals surface area contributed by atoms with E-state index < -0.39 is 0 Å². The Hall–Kier alpha value is -1.92. The number of hydrogen-bond donors (Lipinski definition) is 0. The third-order valence-corrected chi connectivity index (χ3v) is 5.87. The van der Waals surface area contributed by atoms with Gasteiger partial charge in [-0.3, -0.25) is 9.69 Å². The number of benzene rings is 3. The molecule has 0 radical (unpaired) electrons. The van der Waals surface area contributed by atoms with Crippen LogP contribution in [-0.4, -0.2) is 11.7 Å². The minimum absolute atomic E-state index is 0.230. The lowest BCUT2D eigenvalue weighted by atomic mass is 10.1. The summed E-state index contributed by atoms with van der Waals surface area (Å²) in [6, 6.07) is 20.3. The van der Waals surface area contributed by atoms with Gasteiger partial charge in [-0.25, -0.2) is 4.99 Å². The number of hydrogen-bond acceptors (Lipinski definition) is 2. The highest BCUT2D eigenvalue weighted by Crippen LogP contribution is 2.31. The number of carbonyl (C=O) groups excluding carboxylic acids is 1. The second-order valence-corrected chi connectivity index (χ2v) is 8.93. The number of anilines is 1. The van der Waals surface area contributed by atoms with Crippen LogP contribution in [0.25, 0.3) is 6.08 Å². The maximum Gasteiger partial charge on any atom is 0.282 e. The van der Waals surface area contributed by atoms with Gasteiger partial charge in [0.05, 0.1) is 5.69 Å². The molecule has 1 aliphatic rings. The molecule has 0 atom stereocenters. The Kier molecular flexibility index (Phi) is 5.93. The minimum atomic E-state index is -0.230. The predicted octanol–water partition coefficient (Wildman–Crippen LogP) is 7.35. The summed E-state index contributed by atoms with van der Waals surface area (Å²) in [6.07, 6.45) is 1.68. The maximum atomic E-state index is 13.3. The highest BCUT2D eigenvalue weighted by molar-refractivity contribution is 9.10. The lowest BCUT2D eigenvalue weighted by Gasteiger charge is -2.19. The van der Waals surface area contributed by atoms with E-state index in [1.165, 1.54) is 0 Å². The highest BCUT2D eigenvalue weighted by Gasteiger charge is 2.32. The first-order valence-corrected chi connectivity index (χ1v) is 10.9. The van der Waals surface area contributed by atoms with Crippen molar-refractivity contribution in [2.45, 2.75) is 0 Å². The van der Waals surface area contributed by atoms with Crippen LogP contribution >= 0.6 is 55.1 Å². The third-order valence-electron chi connectivity index (χ3n) is 4.28. The van der Waals surface area contributed by atoms with Gasteiger partial charge in [0, 0.05) is 24.6 Å². The standard InChI is InChI=1S/C22H12Br2Cl2N2O/c23-15-7-4-13(5-8-15)21-27-20(10-14-6-9-17(25)12-19(14)26)22(29)28(21)18-3-1-2-16(24)11-18/h1-12H/b20-10+. The molecule has 0 saturated carbocycles. The first-order chi connectivity index (χ1) is 13.9.